The molecule has 0 saturated heterocycles. The highest BCUT2D eigenvalue weighted by atomic mass is 16.7. The second-order valence-electron chi connectivity index (χ2n) is 5.92. The Hall–Kier alpha value is -3.48. The molecule has 0 bridgehead atoms. The zero-order valence-corrected chi connectivity index (χ0v) is 14.2. The molecule has 0 spiro atoms. The summed E-state index contributed by atoms with van der Waals surface area (Å²) in [7, 11) is 0. The number of anilines is 1. The van der Waals surface area contributed by atoms with E-state index in [1.807, 2.05) is 37.3 Å². The molecule has 1 amide bonds. The molecule has 0 fully saturated rings. The number of ether oxygens (including phenoxy) is 2. The molecule has 3 aromatic rings. The Labute approximate surface area is 150 Å². The van der Waals surface area contributed by atoms with Gasteiger partial charge in [-0.05, 0) is 25.1 Å². The fraction of sp³-hybridized carbons (Fsp3) is 0.158. The molecule has 2 heterocycles. The summed E-state index contributed by atoms with van der Waals surface area (Å²) < 4.78 is 10.6. The molecular formula is C19H18N4O3. The summed E-state index contributed by atoms with van der Waals surface area (Å²) in [6, 6.07) is 13.4. The third-order valence-electron chi connectivity index (χ3n) is 4.15. The van der Waals surface area contributed by atoms with Gasteiger partial charge in [-0.15, -0.1) is 0 Å². The van der Waals surface area contributed by atoms with Crippen molar-refractivity contribution in [3.63, 3.8) is 0 Å². The highest BCUT2D eigenvalue weighted by Crippen LogP contribution is 2.34. The first kappa shape index (κ1) is 16.0. The minimum Gasteiger partial charge on any atom is -0.454 e. The lowest BCUT2D eigenvalue weighted by Gasteiger charge is -2.06. The number of rotatable bonds is 5. The van der Waals surface area contributed by atoms with Crippen molar-refractivity contribution in [2.45, 2.75) is 6.92 Å². The van der Waals surface area contributed by atoms with Gasteiger partial charge in [-0.3, -0.25) is 4.79 Å². The van der Waals surface area contributed by atoms with E-state index in [4.69, 9.17) is 9.47 Å². The number of aromatic nitrogens is 1. The molecule has 7 heteroatoms. The number of para-hydroxylation sites is 1. The van der Waals surface area contributed by atoms with Crippen LogP contribution in [0, 0.1) is 6.92 Å². The Bertz CT molecular complexity index is 994. The van der Waals surface area contributed by atoms with Crippen LogP contribution in [0.2, 0.25) is 0 Å². The van der Waals surface area contributed by atoms with Crippen LogP contribution < -0.4 is 20.2 Å². The second kappa shape index (κ2) is 6.79. The number of nitrogens with one attached hydrogen (secondary N) is 3. The molecule has 132 valence electrons. The van der Waals surface area contributed by atoms with Crippen LogP contribution in [0.1, 0.15) is 11.3 Å². The first-order chi connectivity index (χ1) is 12.7. The van der Waals surface area contributed by atoms with Gasteiger partial charge in [0.1, 0.15) is 0 Å². The molecule has 1 aromatic heterocycles. The van der Waals surface area contributed by atoms with Gasteiger partial charge in [-0.2, -0.15) is 5.10 Å². The second-order valence-corrected chi connectivity index (χ2v) is 5.92. The van der Waals surface area contributed by atoms with Crippen LogP contribution >= 0.6 is 0 Å². The van der Waals surface area contributed by atoms with Gasteiger partial charge < -0.3 is 19.8 Å². The van der Waals surface area contributed by atoms with E-state index < -0.39 is 0 Å². The van der Waals surface area contributed by atoms with E-state index >= 15 is 0 Å². The van der Waals surface area contributed by atoms with Crippen molar-refractivity contribution in [1.29, 1.82) is 0 Å². The van der Waals surface area contributed by atoms with Crippen molar-refractivity contribution in [2.75, 3.05) is 18.7 Å². The number of H-pyrrole nitrogens is 1. The number of aromatic amines is 1. The lowest BCUT2D eigenvalue weighted by molar-refractivity contribution is -0.119. The first-order valence-corrected chi connectivity index (χ1v) is 8.23. The topological polar surface area (TPSA) is 87.7 Å². The van der Waals surface area contributed by atoms with Crippen LogP contribution in [0.25, 0.3) is 10.9 Å². The van der Waals surface area contributed by atoms with Crippen LogP contribution in [0.5, 0.6) is 11.5 Å². The molecule has 2 aromatic carbocycles. The summed E-state index contributed by atoms with van der Waals surface area (Å²) in [5.41, 5.74) is 6.32. The zero-order chi connectivity index (χ0) is 17.9. The summed E-state index contributed by atoms with van der Waals surface area (Å²) in [5.74, 6) is 1.14. The number of amides is 1. The third-order valence-corrected chi connectivity index (χ3v) is 4.15. The zero-order valence-electron chi connectivity index (χ0n) is 14.2. The number of fused-ring (bicyclic) bond motifs is 2. The number of nitrogens with zero attached hydrogens (tertiary/aromatic N) is 1. The monoisotopic (exact) mass is 350 g/mol. The van der Waals surface area contributed by atoms with Crippen molar-refractivity contribution in [1.82, 2.24) is 10.4 Å². The van der Waals surface area contributed by atoms with Crippen molar-refractivity contribution < 1.29 is 14.3 Å². The molecule has 0 aliphatic carbocycles. The molecule has 26 heavy (non-hydrogen) atoms. The number of aryl methyl sites for hydroxylation is 1. The minimum atomic E-state index is -0.239. The van der Waals surface area contributed by atoms with E-state index in [9.17, 15) is 4.79 Å². The van der Waals surface area contributed by atoms with E-state index in [-0.39, 0.29) is 19.2 Å². The van der Waals surface area contributed by atoms with Crippen molar-refractivity contribution in [3.05, 3.63) is 53.7 Å². The van der Waals surface area contributed by atoms with Crippen molar-refractivity contribution >= 4 is 28.7 Å². The molecule has 4 rings (SSSR count). The maximum absolute atomic E-state index is 12.0. The number of hydrazone groups is 1. The molecule has 0 saturated carbocycles. The number of hydrogen-bond acceptors (Lipinski definition) is 5. The van der Waals surface area contributed by atoms with Gasteiger partial charge in [-0.25, -0.2) is 5.43 Å². The number of hydrogen-bond donors (Lipinski definition) is 3. The summed E-state index contributed by atoms with van der Waals surface area (Å²) >= 11 is 0. The fourth-order valence-electron chi connectivity index (χ4n) is 2.86. The maximum Gasteiger partial charge on any atom is 0.259 e. The van der Waals surface area contributed by atoms with Crippen LogP contribution in [0.15, 0.2) is 47.6 Å². The van der Waals surface area contributed by atoms with E-state index in [1.54, 1.807) is 18.3 Å². The smallest absolute Gasteiger partial charge is 0.259 e. The Balaban J connectivity index is 1.35. The number of benzene rings is 2. The van der Waals surface area contributed by atoms with E-state index in [2.05, 4.69) is 20.8 Å². The lowest BCUT2D eigenvalue weighted by Crippen LogP contribution is -2.25. The summed E-state index contributed by atoms with van der Waals surface area (Å²) in [6.07, 6.45) is 1.66. The fourth-order valence-corrected chi connectivity index (χ4v) is 2.86. The van der Waals surface area contributed by atoms with Gasteiger partial charge >= 0.3 is 0 Å². The molecule has 3 N–H and O–H groups in total. The van der Waals surface area contributed by atoms with Crippen LogP contribution in [0.4, 0.5) is 5.69 Å². The summed E-state index contributed by atoms with van der Waals surface area (Å²) in [6.45, 7) is 2.30. The van der Waals surface area contributed by atoms with E-state index in [0.29, 0.717) is 11.5 Å². The highest BCUT2D eigenvalue weighted by Gasteiger charge is 2.13. The number of carbonyl (C=O) groups excluding carboxylic acids is 1. The van der Waals surface area contributed by atoms with Gasteiger partial charge in [0, 0.05) is 33.9 Å². The Morgan fingerprint density at radius 2 is 2.08 bits per heavy atom. The molecule has 0 atom stereocenters. The Kier molecular flexibility index (Phi) is 4.18. The lowest BCUT2D eigenvalue weighted by atomic mass is 10.1. The third kappa shape index (κ3) is 3.19. The molecule has 7 nitrogen and oxygen atoms in total. The predicted molar refractivity (Wildman–Crippen MR) is 99.8 cm³/mol. The predicted octanol–water partition coefficient (Wildman–Crippen LogP) is 2.77. The first-order valence-electron chi connectivity index (χ1n) is 8.23. The van der Waals surface area contributed by atoms with Gasteiger partial charge in [0.25, 0.3) is 5.91 Å². The van der Waals surface area contributed by atoms with Crippen molar-refractivity contribution in [2.24, 2.45) is 5.10 Å². The van der Waals surface area contributed by atoms with Crippen LogP contribution in [0.3, 0.4) is 0 Å². The Morgan fingerprint density at radius 3 is 3.00 bits per heavy atom. The van der Waals surface area contributed by atoms with Crippen LogP contribution in [-0.2, 0) is 4.79 Å². The Morgan fingerprint density at radius 1 is 1.23 bits per heavy atom. The molecule has 1 aliphatic heterocycles. The minimum absolute atomic E-state index is 0.101. The highest BCUT2D eigenvalue weighted by molar-refractivity contribution is 6.00. The van der Waals surface area contributed by atoms with Gasteiger partial charge in [0.15, 0.2) is 11.5 Å². The SMILES string of the molecule is Cc1[nH]c2ccccc2c1C=NNC(=O)CNc1ccc2c(c1)OCO2. The maximum atomic E-state index is 12.0. The average molecular weight is 350 g/mol. The summed E-state index contributed by atoms with van der Waals surface area (Å²) in [5, 5.41) is 8.17. The molecule has 1 aliphatic rings. The summed E-state index contributed by atoms with van der Waals surface area (Å²) in [4.78, 5) is 15.3. The quantitative estimate of drug-likeness (QED) is 0.488. The van der Waals surface area contributed by atoms with Crippen LogP contribution in [-0.4, -0.2) is 30.4 Å². The molecular weight excluding hydrogens is 332 g/mol. The molecule has 0 radical (unpaired) electrons. The standard InChI is InChI=1S/C19H18N4O3/c1-12-15(14-4-2-3-5-16(14)22-12)9-21-23-19(24)10-20-13-6-7-17-18(8-13)26-11-25-17/h2-9,20,22H,10-11H2,1H3,(H,23,24). The van der Waals surface area contributed by atoms with Gasteiger partial charge in [0.2, 0.25) is 6.79 Å². The van der Waals surface area contributed by atoms with Gasteiger partial charge in [-0.1, -0.05) is 18.2 Å². The van der Waals surface area contributed by atoms with E-state index in [1.165, 1.54) is 0 Å². The molecule has 0 unspecified atom stereocenters. The van der Waals surface area contributed by atoms with E-state index in [0.717, 1.165) is 27.8 Å². The largest absolute Gasteiger partial charge is 0.454 e. The van der Waals surface area contributed by atoms with Gasteiger partial charge in [0.05, 0.1) is 12.8 Å². The average Bonchev–Trinajstić information content (AvgIpc) is 3.24. The normalized spacial score (nSPS) is 12.7. The number of carbonyl (C=O) groups is 1. The van der Waals surface area contributed by atoms with Crippen molar-refractivity contribution in [3.8, 4) is 11.5 Å².